The lowest BCUT2D eigenvalue weighted by Crippen LogP contribution is -2.13. The number of aromatic nitrogens is 2. The first-order valence-corrected chi connectivity index (χ1v) is 7.27. The minimum atomic E-state index is -0.203. The van der Waals surface area contributed by atoms with Crippen LogP contribution in [0.3, 0.4) is 0 Å². The van der Waals surface area contributed by atoms with Gasteiger partial charge in [0.05, 0.1) is 5.57 Å². The van der Waals surface area contributed by atoms with Crippen LogP contribution < -0.4 is 5.43 Å². The Kier molecular flexibility index (Phi) is 2.68. The summed E-state index contributed by atoms with van der Waals surface area (Å²) in [5.41, 5.74) is 5.64. The van der Waals surface area contributed by atoms with Crippen molar-refractivity contribution in [3.8, 4) is 0 Å². The number of rotatable bonds is 2. The Bertz CT molecular complexity index is 889. The number of hydrogen-bond acceptors (Lipinski definition) is 4. The summed E-state index contributed by atoms with van der Waals surface area (Å²) >= 11 is 1.46. The van der Waals surface area contributed by atoms with Crippen LogP contribution in [0, 0.1) is 0 Å². The van der Waals surface area contributed by atoms with E-state index in [4.69, 9.17) is 0 Å². The van der Waals surface area contributed by atoms with Gasteiger partial charge < -0.3 is 4.98 Å². The summed E-state index contributed by atoms with van der Waals surface area (Å²) in [5.74, 6) is -0.203. The number of H-pyrrole nitrogens is 1. The molecule has 0 aliphatic carbocycles. The quantitative estimate of drug-likeness (QED) is 0.713. The summed E-state index contributed by atoms with van der Waals surface area (Å²) in [5, 5.41) is 7.76. The summed E-state index contributed by atoms with van der Waals surface area (Å²) < 4.78 is 0. The van der Waals surface area contributed by atoms with Crippen LogP contribution in [0.2, 0.25) is 0 Å². The summed E-state index contributed by atoms with van der Waals surface area (Å²) in [6.45, 7) is 0. The van der Waals surface area contributed by atoms with Gasteiger partial charge in [0.1, 0.15) is 10.7 Å². The predicted molar refractivity (Wildman–Crippen MR) is 83.1 cm³/mol. The maximum atomic E-state index is 12.0. The van der Waals surface area contributed by atoms with Gasteiger partial charge in [0.15, 0.2) is 0 Å². The summed E-state index contributed by atoms with van der Waals surface area (Å²) in [6.07, 6.45) is 5.44. The highest BCUT2D eigenvalue weighted by Gasteiger charge is 2.25. The second-order valence-corrected chi connectivity index (χ2v) is 5.48. The highest BCUT2D eigenvalue weighted by atomic mass is 32.1. The molecule has 1 amide bonds. The van der Waals surface area contributed by atoms with Gasteiger partial charge in [0.25, 0.3) is 5.91 Å². The van der Waals surface area contributed by atoms with Crippen molar-refractivity contribution < 1.29 is 4.79 Å². The Morgan fingerprint density at radius 3 is 3.00 bits per heavy atom. The van der Waals surface area contributed by atoms with Gasteiger partial charge in [-0.3, -0.25) is 4.79 Å². The standard InChI is InChI=1S/C15H10N4OS/c20-14-11(13(18-19-14)15-16-5-6-21-15)7-9-8-17-12-4-2-1-3-10(9)12/h1-8,17H,(H,19,20)/b11-7-. The number of carbonyl (C=O) groups is 1. The fourth-order valence-electron chi connectivity index (χ4n) is 2.34. The minimum Gasteiger partial charge on any atom is -0.361 e. The first kappa shape index (κ1) is 12.0. The lowest BCUT2D eigenvalue weighted by molar-refractivity contribution is -0.116. The first-order chi connectivity index (χ1) is 10.3. The molecule has 0 spiro atoms. The molecule has 0 bridgehead atoms. The van der Waals surface area contributed by atoms with Gasteiger partial charge in [-0.2, -0.15) is 5.10 Å². The molecule has 0 unspecified atom stereocenters. The number of nitrogens with zero attached hydrogens (tertiary/aromatic N) is 2. The molecule has 1 aromatic carbocycles. The maximum Gasteiger partial charge on any atom is 0.273 e. The fourth-order valence-corrected chi connectivity index (χ4v) is 2.98. The van der Waals surface area contributed by atoms with Gasteiger partial charge in [-0.25, -0.2) is 10.4 Å². The van der Waals surface area contributed by atoms with Gasteiger partial charge in [-0.15, -0.1) is 11.3 Å². The van der Waals surface area contributed by atoms with Crippen LogP contribution in [0.15, 0.2) is 52.7 Å². The van der Waals surface area contributed by atoms with E-state index in [1.54, 1.807) is 6.20 Å². The van der Waals surface area contributed by atoms with E-state index in [2.05, 4.69) is 20.5 Å². The Balaban J connectivity index is 1.84. The molecule has 2 aromatic heterocycles. The Morgan fingerprint density at radius 1 is 1.24 bits per heavy atom. The number of amides is 1. The van der Waals surface area contributed by atoms with Crippen molar-refractivity contribution in [1.29, 1.82) is 0 Å². The van der Waals surface area contributed by atoms with E-state index in [9.17, 15) is 4.79 Å². The third kappa shape index (κ3) is 1.96. The lowest BCUT2D eigenvalue weighted by atomic mass is 10.1. The van der Waals surface area contributed by atoms with Crippen LogP contribution in [0.5, 0.6) is 0 Å². The van der Waals surface area contributed by atoms with Crippen molar-refractivity contribution in [1.82, 2.24) is 15.4 Å². The number of fused-ring (bicyclic) bond motifs is 1. The second kappa shape index (κ2) is 4.68. The normalized spacial score (nSPS) is 16.5. The molecule has 0 atom stereocenters. The van der Waals surface area contributed by atoms with E-state index in [1.165, 1.54) is 11.3 Å². The summed E-state index contributed by atoms with van der Waals surface area (Å²) in [7, 11) is 0. The zero-order chi connectivity index (χ0) is 14.2. The molecule has 6 heteroatoms. The van der Waals surface area contributed by atoms with E-state index in [0.717, 1.165) is 21.5 Å². The van der Waals surface area contributed by atoms with Gasteiger partial charge in [0, 0.05) is 34.2 Å². The van der Waals surface area contributed by atoms with Crippen LogP contribution in [0.4, 0.5) is 0 Å². The number of hydrogen-bond donors (Lipinski definition) is 2. The highest BCUT2D eigenvalue weighted by Crippen LogP contribution is 2.23. The Labute approximate surface area is 124 Å². The van der Waals surface area contributed by atoms with E-state index in [1.807, 2.05) is 41.9 Å². The van der Waals surface area contributed by atoms with Crippen molar-refractivity contribution in [2.24, 2.45) is 5.10 Å². The van der Waals surface area contributed by atoms with E-state index in [0.29, 0.717) is 11.3 Å². The average Bonchev–Trinajstić information content (AvgIpc) is 3.21. The summed E-state index contributed by atoms with van der Waals surface area (Å²) in [6, 6.07) is 7.97. The summed E-state index contributed by atoms with van der Waals surface area (Å²) in [4.78, 5) is 19.4. The molecule has 2 N–H and O–H groups in total. The zero-order valence-corrected chi connectivity index (χ0v) is 11.6. The van der Waals surface area contributed by atoms with Crippen molar-refractivity contribution in [3.05, 3.63) is 58.2 Å². The van der Waals surface area contributed by atoms with Gasteiger partial charge >= 0.3 is 0 Å². The molecule has 0 saturated heterocycles. The third-order valence-corrected chi connectivity index (χ3v) is 4.10. The average molecular weight is 294 g/mol. The molecule has 102 valence electrons. The third-order valence-electron chi connectivity index (χ3n) is 3.32. The fraction of sp³-hybridized carbons (Fsp3) is 0. The zero-order valence-electron chi connectivity index (χ0n) is 10.8. The number of para-hydroxylation sites is 1. The van der Waals surface area contributed by atoms with E-state index in [-0.39, 0.29) is 5.91 Å². The number of hydrazone groups is 1. The number of carbonyl (C=O) groups excluding carboxylic acids is 1. The monoisotopic (exact) mass is 294 g/mol. The van der Waals surface area contributed by atoms with Crippen LogP contribution in [-0.4, -0.2) is 21.6 Å². The van der Waals surface area contributed by atoms with Crippen LogP contribution in [0.25, 0.3) is 17.0 Å². The highest BCUT2D eigenvalue weighted by molar-refractivity contribution is 7.12. The van der Waals surface area contributed by atoms with Gasteiger partial charge in [-0.05, 0) is 12.1 Å². The number of nitrogens with one attached hydrogen (secondary N) is 2. The maximum absolute atomic E-state index is 12.0. The molecule has 3 aromatic rings. The SMILES string of the molecule is O=C1NN=C(c2nccs2)/C1=C/c1c[nH]c2ccccc12. The molecule has 3 heterocycles. The largest absolute Gasteiger partial charge is 0.361 e. The molecule has 1 aliphatic rings. The van der Waals surface area contributed by atoms with Crippen molar-refractivity contribution in [3.63, 3.8) is 0 Å². The van der Waals surface area contributed by atoms with Crippen LogP contribution in [0.1, 0.15) is 10.6 Å². The molecule has 5 nitrogen and oxygen atoms in total. The lowest BCUT2D eigenvalue weighted by Gasteiger charge is -1.97. The molecule has 1 aliphatic heterocycles. The molecule has 0 fully saturated rings. The molecular formula is C15H10N4OS. The molecule has 21 heavy (non-hydrogen) atoms. The van der Waals surface area contributed by atoms with Crippen LogP contribution in [-0.2, 0) is 4.79 Å². The van der Waals surface area contributed by atoms with Crippen LogP contribution >= 0.6 is 11.3 Å². The predicted octanol–water partition coefficient (Wildman–Crippen LogP) is 2.54. The second-order valence-electron chi connectivity index (χ2n) is 4.59. The molecule has 0 radical (unpaired) electrons. The van der Waals surface area contributed by atoms with Crippen molar-refractivity contribution >= 4 is 39.9 Å². The van der Waals surface area contributed by atoms with E-state index >= 15 is 0 Å². The molecule has 4 rings (SSSR count). The molecule has 0 saturated carbocycles. The smallest absolute Gasteiger partial charge is 0.273 e. The number of benzene rings is 1. The van der Waals surface area contributed by atoms with Gasteiger partial charge in [0.2, 0.25) is 0 Å². The van der Waals surface area contributed by atoms with Crippen molar-refractivity contribution in [2.75, 3.05) is 0 Å². The minimum absolute atomic E-state index is 0.203. The molecular weight excluding hydrogens is 284 g/mol. The Morgan fingerprint density at radius 2 is 2.14 bits per heavy atom. The Hall–Kier alpha value is -2.73. The van der Waals surface area contributed by atoms with Gasteiger partial charge in [-0.1, -0.05) is 18.2 Å². The number of thiazole rings is 1. The topological polar surface area (TPSA) is 70.1 Å². The number of aromatic amines is 1. The van der Waals surface area contributed by atoms with E-state index < -0.39 is 0 Å². The first-order valence-electron chi connectivity index (χ1n) is 6.39. The van der Waals surface area contributed by atoms with Crippen molar-refractivity contribution in [2.45, 2.75) is 0 Å².